The Morgan fingerprint density at radius 1 is 1.90 bits per heavy atom. The molecule has 0 aliphatic heterocycles. The lowest BCUT2D eigenvalue weighted by atomic mass is 10.3. The lowest BCUT2D eigenvalue weighted by molar-refractivity contribution is 0.970. The Balaban J connectivity index is 2.51. The van der Waals surface area contributed by atoms with Crippen LogP contribution >= 0.6 is 0 Å². The molecule has 0 atom stereocenters. The maximum atomic E-state index is 10.7. The summed E-state index contributed by atoms with van der Waals surface area (Å²) in [6.07, 6.45) is -2.58. The van der Waals surface area contributed by atoms with Crippen molar-refractivity contribution in [3.8, 4) is 0 Å². The van der Waals surface area contributed by atoms with Gasteiger partial charge in [-0.25, -0.2) is 0 Å². The van der Waals surface area contributed by atoms with Crippen LogP contribution < -0.4 is 5.56 Å². The van der Waals surface area contributed by atoms with Crippen LogP contribution in [-0.4, -0.2) is 9.97 Å². The van der Waals surface area contributed by atoms with Gasteiger partial charge in [0.25, 0.3) is 5.56 Å². The number of rotatable bonds is 1. The van der Waals surface area contributed by atoms with Crippen LogP contribution in [0.15, 0.2) is 17.2 Å². The molecule has 0 saturated heterocycles. The van der Waals surface area contributed by atoms with Gasteiger partial charge in [-0.1, -0.05) is 0 Å². The van der Waals surface area contributed by atoms with Crippen LogP contribution in [0.5, 0.6) is 0 Å². The smallest absolute Gasteiger partial charge is 0.266 e. The van der Waals surface area contributed by atoms with E-state index in [1.165, 1.54) is 0 Å². The normalized spacial score (nSPS) is 37.8. The molecule has 3 heteroatoms. The second-order valence-corrected chi connectivity index (χ2v) is 1.92. The van der Waals surface area contributed by atoms with Crippen LogP contribution in [0, 0.1) is 0 Å². The van der Waals surface area contributed by atoms with Crippen LogP contribution in [0.4, 0.5) is 0 Å². The van der Waals surface area contributed by atoms with Gasteiger partial charge in [0.15, 0.2) is 0 Å². The molecule has 2 rings (SSSR count). The Morgan fingerprint density at radius 3 is 3.20 bits per heavy atom. The number of aromatic amines is 1. The summed E-state index contributed by atoms with van der Waals surface area (Å²) in [5.74, 6) is -2.04. The Bertz CT molecular complexity index is 434. The van der Waals surface area contributed by atoms with Gasteiger partial charge >= 0.3 is 0 Å². The molecule has 1 heterocycles. The molecule has 52 valence electrons. The molecule has 0 spiro atoms. The summed E-state index contributed by atoms with van der Waals surface area (Å²) in [4.78, 5) is 16.6. The summed E-state index contributed by atoms with van der Waals surface area (Å²) in [5.41, 5.74) is -0.568. The van der Waals surface area contributed by atoms with Crippen molar-refractivity contribution in [1.29, 1.82) is 0 Å². The van der Waals surface area contributed by atoms with Gasteiger partial charge < -0.3 is 4.98 Å². The minimum atomic E-state index is -2.29. The van der Waals surface area contributed by atoms with Gasteiger partial charge in [0.2, 0.25) is 0 Å². The number of hydrogen-bond donors (Lipinski definition) is 1. The monoisotopic (exact) mass is 141 g/mol. The van der Waals surface area contributed by atoms with E-state index in [1.54, 1.807) is 0 Å². The van der Waals surface area contributed by atoms with Crippen LogP contribution in [0.1, 0.15) is 31.2 Å². The van der Waals surface area contributed by atoms with Gasteiger partial charge in [0, 0.05) is 18.9 Å². The average Bonchev–Trinajstić information content (AvgIpc) is 2.46. The molecule has 1 aromatic heterocycles. The third kappa shape index (κ3) is 0.943. The van der Waals surface area contributed by atoms with Gasteiger partial charge in [-0.3, -0.25) is 9.78 Å². The van der Waals surface area contributed by atoms with E-state index >= 15 is 0 Å². The predicted octanol–water partition coefficient (Wildman–Crippen LogP) is 0.647. The van der Waals surface area contributed by atoms with Gasteiger partial charge in [-0.15, -0.1) is 0 Å². The lowest BCUT2D eigenvalue weighted by Crippen LogP contribution is -2.05. The molecule has 0 radical (unpaired) electrons. The van der Waals surface area contributed by atoms with Crippen molar-refractivity contribution in [3.63, 3.8) is 0 Å². The van der Waals surface area contributed by atoms with E-state index in [2.05, 4.69) is 9.97 Å². The molecule has 0 bridgehead atoms. The molecule has 1 aliphatic carbocycles. The fourth-order valence-electron chi connectivity index (χ4n) is 0.638. The standard InChI is InChI=1S/C7H8N2O/c10-7-4-8-6(3-9-7)5-1-2-5/h3-5H,1-2H2,(H,9,10)/i1D2,2D2,5D. The summed E-state index contributed by atoms with van der Waals surface area (Å²) in [7, 11) is 0. The van der Waals surface area contributed by atoms with Crippen molar-refractivity contribution >= 4 is 0 Å². The first-order valence-electron chi connectivity index (χ1n) is 5.30. The lowest BCUT2D eigenvalue weighted by Gasteiger charge is -1.91. The highest BCUT2D eigenvalue weighted by molar-refractivity contribution is 5.09. The minimum Gasteiger partial charge on any atom is -0.326 e. The van der Waals surface area contributed by atoms with Gasteiger partial charge in [0.1, 0.15) is 0 Å². The van der Waals surface area contributed by atoms with Crippen molar-refractivity contribution in [2.75, 3.05) is 0 Å². The zero-order valence-electron chi connectivity index (χ0n) is 10.0. The Kier molecular flexibility index (Phi) is 0.482. The highest BCUT2D eigenvalue weighted by Crippen LogP contribution is 2.37. The Morgan fingerprint density at radius 2 is 2.70 bits per heavy atom. The highest BCUT2D eigenvalue weighted by Gasteiger charge is 2.24. The zero-order valence-corrected chi connectivity index (χ0v) is 5.01. The number of nitrogens with one attached hydrogen (secondary N) is 1. The van der Waals surface area contributed by atoms with Gasteiger partial charge in [-0.2, -0.15) is 0 Å². The van der Waals surface area contributed by atoms with E-state index in [-0.39, 0.29) is 5.69 Å². The van der Waals surface area contributed by atoms with E-state index in [9.17, 15) is 4.79 Å². The fraction of sp³-hybridized carbons (Fsp3) is 0.429. The van der Waals surface area contributed by atoms with Crippen LogP contribution in [-0.2, 0) is 0 Å². The van der Waals surface area contributed by atoms with Gasteiger partial charge in [0.05, 0.1) is 11.9 Å². The summed E-state index contributed by atoms with van der Waals surface area (Å²) in [5, 5.41) is 0. The molecule has 10 heavy (non-hydrogen) atoms. The highest BCUT2D eigenvalue weighted by atomic mass is 16.1. The van der Waals surface area contributed by atoms with Crippen molar-refractivity contribution in [2.24, 2.45) is 0 Å². The summed E-state index contributed by atoms with van der Waals surface area (Å²) >= 11 is 0. The van der Waals surface area contributed by atoms with Gasteiger partial charge in [-0.05, 0) is 12.7 Å². The first kappa shape index (κ1) is 2.49. The van der Waals surface area contributed by atoms with E-state index in [0.29, 0.717) is 0 Å². The minimum absolute atomic E-state index is 0.0999. The molecule has 1 aliphatic rings. The summed E-state index contributed by atoms with van der Waals surface area (Å²) < 4.78 is 37.2. The molecule has 1 fully saturated rings. The molecular formula is C7H8N2O. The van der Waals surface area contributed by atoms with Crippen molar-refractivity contribution in [3.05, 3.63) is 28.4 Å². The average molecular weight is 141 g/mol. The summed E-state index contributed by atoms with van der Waals surface area (Å²) in [6.45, 7) is 0. The summed E-state index contributed by atoms with van der Waals surface area (Å²) in [6, 6.07) is 0. The van der Waals surface area contributed by atoms with E-state index in [0.717, 1.165) is 12.4 Å². The molecule has 0 aromatic carbocycles. The second kappa shape index (κ2) is 1.94. The number of H-pyrrole nitrogens is 1. The van der Waals surface area contributed by atoms with Crippen molar-refractivity contribution in [1.82, 2.24) is 9.97 Å². The second-order valence-electron chi connectivity index (χ2n) is 1.92. The topological polar surface area (TPSA) is 45.8 Å². The molecular weight excluding hydrogens is 128 g/mol. The SMILES string of the molecule is [2H]C1([2H])C([2H])([2H])C1([2H])c1c[nH]c(=O)cn1. The quantitative estimate of drug-likeness (QED) is 0.624. The molecule has 1 saturated carbocycles. The first-order chi connectivity index (χ1) is 6.75. The number of nitrogens with zero attached hydrogens (tertiary/aromatic N) is 1. The van der Waals surface area contributed by atoms with Crippen LogP contribution in [0.25, 0.3) is 0 Å². The maximum absolute atomic E-state index is 10.7. The fourth-order valence-corrected chi connectivity index (χ4v) is 0.638. The van der Waals surface area contributed by atoms with Crippen LogP contribution in [0.2, 0.25) is 0 Å². The number of hydrogen-bond acceptors (Lipinski definition) is 2. The van der Waals surface area contributed by atoms with Crippen molar-refractivity contribution < 1.29 is 6.85 Å². The largest absolute Gasteiger partial charge is 0.326 e. The molecule has 0 amide bonds. The zero-order chi connectivity index (χ0) is 11.5. The van der Waals surface area contributed by atoms with E-state index in [4.69, 9.17) is 6.85 Å². The first-order valence-corrected chi connectivity index (χ1v) is 2.80. The Labute approximate surface area is 65.1 Å². The van der Waals surface area contributed by atoms with Crippen molar-refractivity contribution in [2.45, 2.75) is 18.6 Å². The van der Waals surface area contributed by atoms with E-state index < -0.39 is 24.2 Å². The number of aromatic nitrogens is 2. The predicted molar refractivity (Wildman–Crippen MR) is 36.8 cm³/mol. The maximum Gasteiger partial charge on any atom is 0.266 e. The third-order valence-corrected chi connectivity index (χ3v) is 1.18. The third-order valence-electron chi connectivity index (χ3n) is 1.18. The molecule has 0 unspecified atom stereocenters. The molecule has 1 N–H and O–H groups in total. The molecule has 3 nitrogen and oxygen atoms in total. The van der Waals surface area contributed by atoms with Crippen LogP contribution in [0.3, 0.4) is 0 Å². The van der Waals surface area contributed by atoms with E-state index in [1.807, 2.05) is 0 Å². The molecule has 1 aromatic rings. The Hall–Kier alpha value is -1.12.